The van der Waals surface area contributed by atoms with Crippen LogP contribution in [0.25, 0.3) is 26.3 Å². The van der Waals surface area contributed by atoms with Crippen LogP contribution >= 0.6 is 7.53 Å². The molecule has 1 nitrogen and oxygen atoms in total. The summed E-state index contributed by atoms with van der Waals surface area (Å²) in [4.78, 5) is 0. The summed E-state index contributed by atoms with van der Waals surface area (Å²) >= 11 is 0. The maximum absolute atomic E-state index is 3.60. The van der Waals surface area contributed by atoms with E-state index in [2.05, 4.69) is 72.0 Å². The zero-order valence-corrected chi connectivity index (χ0v) is 11.7. The van der Waals surface area contributed by atoms with E-state index in [4.69, 9.17) is 0 Å². The zero-order valence-electron chi connectivity index (χ0n) is 10.8. The van der Waals surface area contributed by atoms with Crippen LogP contribution < -0.4 is 5.32 Å². The molecule has 0 bridgehead atoms. The van der Waals surface area contributed by atoms with Crippen molar-refractivity contribution in [2.45, 2.75) is 0 Å². The molecule has 1 aliphatic rings. The predicted octanol–water partition coefficient (Wildman–Crippen LogP) is 6.03. The Hall–Kier alpha value is -2.24. The van der Waals surface area contributed by atoms with Gasteiger partial charge in [-0.1, -0.05) is 56.1 Å². The first kappa shape index (κ1) is 10.5. The molecule has 3 aromatic carbocycles. The smallest absolute Gasteiger partial charge is 0.0508 e. The van der Waals surface area contributed by atoms with Crippen LogP contribution in [-0.4, -0.2) is 0 Å². The van der Waals surface area contributed by atoms with E-state index in [1.165, 1.54) is 37.7 Å². The van der Waals surface area contributed by atoms with Crippen LogP contribution in [0.2, 0.25) is 0 Å². The van der Waals surface area contributed by atoms with Crippen LogP contribution in [0.3, 0.4) is 0 Å². The third kappa shape index (κ3) is 1.19. The fraction of sp³-hybridized carbons (Fsp3) is 0. The molecule has 0 amide bonds. The van der Waals surface area contributed by atoms with Gasteiger partial charge in [0.15, 0.2) is 0 Å². The summed E-state index contributed by atoms with van der Waals surface area (Å²) in [5.74, 6) is 0. The number of hydrogen-bond acceptors (Lipinski definition) is 1. The van der Waals surface area contributed by atoms with Crippen molar-refractivity contribution in [1.82, 2.24) is 0 Å². The first-order valence-corrected chi connectivity index (χ1v) is 8.16. The van der Waals surface area contributed by atoms with Gasteiger partial charge in [0.25, 0.3) is 0 Å². The Morgan fingerprint density at radius 3 is 2.40 bits per heavy atom. The lowest BCUT2D eigenvalue weighted by molar-refractivity contribution is 1.61. The van der Waals surface area contributed by atoms with E-state index < -0.39 is 0 Å². The Balaban J connectivity index is 2.12. The predicted molar refractivity (Wildman–Crippen MR) is 88.8 cm³/mol. The van der Waals surface area contributed by atoms with Crippen molar-refractivity contribution in [3.05, 3.63) is 66.7 Å². The molecule has 0 saturated carbocycles. The summed E-state index contributed by atoms with van der Waals surface area (Å²) in [5, 5.41) is 10.9. The third-order valence-electron chi connectivity index (χ3n) is 4.11. The molecule has 2 heteroatoms. The van der Waals surface area contributed by atoms with Gasteiger partial charge in [-0.2, -0.15) is 0 Å². The number of anilines is 2. The molecule has 20 heavy (non-hydrogen) atoms. The van der Waals surface area contributed by atoms with Crippen LogP contribution in [0.1, 0.15) is 0 Å². The average Bonchev–Trinajstić information content (AvgIpc) is 2.85. The van der Waals surface area contributed by atoms with Gasteiger partial charge in [-0.3, -0.25) is 0 Å². The average molecular weight is 273 g/mol. The summed E-state index contributed by atoms with van der Waals surface area (Å²) < 4.78 is 0. The summed E-state index contributed by atoms with van der Waals surface area (Å²) in [5.41, 5.74) is 2.54. The zero-order chi connectivity index (χ0) is 13.1. The molecule has 1 N–H and O–H groups in total. The summed E-state index contributed by atoms with van der Waals surface area (Å²) in [6.07, 6.45) is 0. The molecule has 0 saturated heterocycles. The van der Waals surface area contributed by atoms with Gasteiger partial charge in [-0.25, -0.2) is 0 Å². The number of nitrogens with one attached hydrogen (secondary N) is 1. The molecular formula is C18H12NP. The van der Waals surface area contributed by atoms with Crippen LogP contribution in [0, 0.1) is 0 Å². The lowest BCUT2D eigenvalue weighted by Gasteiger charge is -2.20. The second kappa shape index (κ2) is 3.65. The molecule has 0 aliphatic carbocycles. The molecular weight excluding hydrogens is 261 g/mol. The third-order valence-corrected chi connectivity index (χ3v) is 6.78. The Morgan fingerprint density at radius 1 is 0.650 bits per heavy atom. The first-order valence-electron chi connectivity index (χ1n) is 6.82. The van der Waals surface area contributed by atoms with Crippen LogP contribution in [0.5, 0.6) is 0 Å². The second-order valence-corrected chi connectivity index (χ2v) is 7.28. The van der Waals surface area contributed by atoms with Crippen molar-refractivity contribution in [1.29, 1.82) is 0 Å². The highest BCUT2D eigenvalue weighted by atomic mass is 31.1. The normalized spacial score (nSPS) is 13.3. The Kier molecular flexibility index (Phi) is 1.92. The minimum absolute atomic E-state index is 0.387. The minimum Gasteiger partial charge on any atom is -0.354 e. The fourth-order valence-electron chi connectivity index (χ4n) is 3.29. The van der Waals surface area contributed by atoms with Crippen molar-refractivity contribution in [3.63, 3.8) is 0 Å². The maximum atomic E-state index is 3.60. The number of fused-ring (bicyclic) bond motifs is 5. The molecule has 2 heterocycles. The van der Waals surface area contributed by atoms with Crippen molar-refractivity contribution in [3.8, 4) is 5.30 Å². The maximum Gasteiger partial charge on any atom is 0.0508 e. The molecule has 1 atom stereocenters. The summed E-state index contributed by atoms with van der Waals surface area (Å²) in [6.45, 7) is 0. The first-order chi connectivity index (χ1) is 9.93. The molecule has 4 aromatic rings. The van der Waals surface area contributed by atoms with E-state index in [-0.39, 0.29) is 7.53 Å². The quantitative estimate of drug-likeness (QED) is 0.363. The minimum atomic E-state index is -0.387. The molecule has 1 aromatic heterocycles. The number of benzene rings is 3. The van der Waals surface area contributed by atoms with Gasteiger partial charge < -0.3 is 5.32 Å². The molecule has 0 radical (unpaired) electrons. The van der Waals surface area contributed by atoms with Gasteiger partial charge >= 0.3 is 0 Å². The standard InChI is InChI=1S/C18H12NP/c1-3-10-16-12(6-1)13-7-5-9-15-18(13)20(16)17-11-4-2-8-14(17)19-15/h1-11,19H. The molecule has 1 unspecified atom stereocenters. The molecule has 0 fully saturated rings. The number of para-hydroxylation sites is 1. The molecule has 94 valence electrons. The Bertz CT molecular complexity index is 981. The highest BCUT2D eigenvalue weighted by Gasteiger charge is 2.21. The largest absolute Gasteiger partial charge is 0.354 e. The van der Waals surface area contributed by atoms with Gasteiger partial charge in [0.1, 0.15) is 0 Å². The lowest BCUT2D eigenvalue weighted by Crippen LogP contribution is -1.94. The highest BCUT2D eigenvalue weighted by Crippen LogP contribution is 2.62. The SMILES string of the molecule is c1ccc2c(c1)Nc1cccc3c4ccccc4p-2c13. The van der Waals surface area contributed by atoms with Gasteiger partial charge in [0, 0.05) is 15.5 Å². The van der Waals surface area contributed by atoms with Crippen LogP contribution in [0.15, 0.2) is 66.7 Å². The Morgan fingerprint density at radius 2 is 1.40 bits per heavy atom. The van der Waals surface area contributed by atoms with E-state index in [9.17, 15) is 0 Å². The van der Waals surface area contributed by atoms with E-state index in [1.807, 2.05) is 0 Å². The van der Waals surface area contributed by atoms with Gasteiger partial charge in [0.05, 0.1) is 11.4 Å². The van der Waals surface area contributed by atoms with Crippen molar-refractivity contribution in [2.24, 2.45) is 0 Å². The van der Waals surface area contributed by atoms with Crippen LogP contribution in [-0.2, 0) is 0 Å². The van der Waals surface area contributed by atoms with Crippen molar-refractivity contribution >= 4 is 39.9 Å². The van der Waals surface area contributed by atoms with E-state index >= 15 is 0 Å². The lowest BCUT2D eigenvalue weighted by atomic mass is 10.1. The molecule has 1 aliphatic heterocycles. The molecule has 5 rings (SSSR count). The number of rotatable bonds is 0. The van der Waals surface area contributed by atoms with E-state index in [0.29, 0.717) is 0 Å². The Labute approximate surface area is 117 Å². The summed E-state index contributed by atoms with van der Waals surface area (Å²) in [7, 11) is -0.387. The van der Waals surface area contributed by atoms with Crippen molar-refractivity contribution in [2.75, 3.05) is 5.32 Å². The van der Waals surface area contributed by atoms with Crippen molar-refractivity contribution < 1.29 is 0 Å². The van der Waals surface area contributed by atoms with Crippen LogP contribution in [0.4, 0.5) is 11.4 Å². The van der Waals surface area contributed by atoms with Gasteiger partial charge in [0.2, 0.25) is 0 Å². The number of hydrogen-bond donors (Lipinski definition) is 1. The summed E-state index contributed by atoms with van der Waals surface area (Å²) in [6, 6.07) is 24.2. The van der Waals surface area contributed by atoms with E-state index in [1.54, 1.807) is 0 Å². The molecule has 0 spiro atoms. The topological polar surface area (TPSA) is 12.0 Å². The van der Waals surface area contributed by atoms with Gasteiger partial charge in [-0.15, -0.1) is 0 Å². The van der Waals surface area contributed by atoms with Gasteiger partial charge in [-0.05, 0) is 29.0 Å². The van der Waals surface area contributed by atoms with E-state index in [0.717, 1.165) is 0 Å². The monoisotopic (exact) mass is 273 g/mol. The highest BCUT2D eigenvalue weighted by molar-refractivity contribution is 7.68. The second-order valence-electron chi connectivity index (χ2n) is 5.20. The fourth-order valence-corrected chi connectivity index (χ4v) is 6.12.